The van der Waals surface area contributed by atoms with Gasteiger partial charge in [-0.25, -0.2) is 0 Å². The lowest BCUT2D eigenvalue weighted by molar-refractivity contribution is -0.141. The molecule has 0 aliphatic carbocycles. The van der Waals surface area contributed by atoms with Crippen LogP contribution < -0.4 is 5.32 Å². The Bertz CT molecular complexity index is 658. The van der Waals surface area contributed by atoms with E-state index in [9.17, 15) is 14.7 Å². The number of aliphatic carboxylic acids is 1. The minimum absolute atomic E-state index is 0.0499. The highest BCUT2D eigenvalue weighted by Gasteiger charge is 2.19. The average molecular weight is 318 g/mol. The Labute approximate surface area is 133 Å². The van der Waals surface area contributed by atoms with Crippen molar-refractivity contribution in [3.63, 3.8) is 0 Å². The summed E-state index contributed by atoms with van der Waals surface area (Å²) >= 11 is 5.95. The standard InChI is InChI=1S/C17H16ClNO3/c18-15-9-5-4-8-14(15)16(20)19-11-13(17(21)22)10-12-6-2-1-3-7-12/h1-9,13H,10-11H2,(H,19,20)(H,21,22)/t13-/m0/s1. The highest BCUT2D eigenvalue weighted by molar-refractivity contribution is 6.33. The number of carbonyl (C=O) groups is 2. The molecule has 2 N–H and O–H groups in total. The molecule has 0 bridgehead atoms. The third-order valence-electron chi connectivity index (χ3n) is 3.30. The van der Waals surface area contributed by atoms with E-state index in [0.29, 0.717) is 17.0 Å². The minimum atomic E-state index is -0.941. The van der Waals surface area contributed by atoms with Crippen molar-refractivity contribution in [2.45, 2.75) is 6.42 Å². The summed E-state index contributed by atoms with van der Waals surface area (Å²) in [6, 6.07) is 16.0. The van der Waals surface area contributed by atoms with Crippen LogP contribution in [0.15, 0.2) is 54.6 Å². The zero-order valence-corrected chi connectivity index (χ0v) is 12.6. The highest BCUT2D eigenvalue weighted by atomic mass is 35.5. The Morgan fingerprint density at radius 2 is 1.68 bits per heavy atom. The molecule has 22 heavy (non-hydrogen) atoms. The molecule has 1 amide bonds. The number of carbonyl (C=O) groups excluding carboxylic acids is 1. The van der Waals surface area contributed by atoms with Crippen molar-refractivity contribution in [1.82, 2.24) is 5.32 Å². The first-order valence-corrected chi connectivity index (χ1v) is 7.25. The molecular weight excluding hydrogens is 302 g/mol. The van der Waals surface area contributed by atoms with E-state index in [0.717, 1.165) is 5.56 Å². The fourth-order valence-electron chi connectivity index (χ4n) is 2.10. The van der Waals surface area contributed by atoms with Crippen molar-refractivity contribution >= 4 is 23.5 Å². The first kappa shape index (κ1) is 16.0. The van der Waals surface area contributed by atoms with Crippen molar-refractivity contribution in [2.24, 2.45) is 5.92 Å². The van der Waals surface area contributed by atoms with E-state index in [1.54, 1.807) is 24.3 Å². The Morgan fingerprint density at radius 3 is 2.32 bits per heavy atom. The summed E-state index contributed by atoms with van der Waals surface area (Å²) in [5, 5.41) is 12.3. The lowest BCUT2D eigenvalue weighted by Gasteiger charge is -2.14. The maximum atomic E-state index is 12.1. The number of hydrogen-bond acceptors (Lipinski definition) is 2. The van der Waals surface area contributed by atoms with Crippen molar-refractivity contribution in [3.8, 4) is 0 Å². The van der Waals surface area contributed by atoms with Crippen LogP contribution in [-0.2, 0) is 11.2 Å². The van der Waals surface area contributed by atoms with Gasteiger partial charge >= 0.3 is 5.97 Å². The molecular formula is C17H16ClNO3. The zero-order valence-electron chi connectivity index (χ0n) is 11.8. The SMILES string of the molecule is O=C(NC[C@H](Cc1ccccc1)C(=O)O)c1ccccc1Cl. The van der Waals surface area contributed by atoms with E-state index in [1.807, 2.05) is 30.3 Å². The molecule has 4 nitrogen and oxygen atoms in total. The number of amides is 1. The van der Waals surface area contributed by atoms with Gasteiger partial charge in [-0.1, -0.05) is 54.1 Å². The molecule has 0 saturated heterocycles. The van der Waals surface area contributed by atoms with Crippen LogP contribution in [0, 0.1) is 5.92 Å². The van der Waals surface area contributed by atoms with Crippen molar-refractivity contribution in [3.05, 3.63) is 70.7 Å². The second-order valence-electron chi connectivity index (χ2n) is 4.91. The van der Waals surface area contributed by atoms with E-state index in [4.69, 9.17) is 11.6 Å². The van der Waals surface area contributed by atoms with Gasteiger partial charge in [0.1, 0.15) is 0 Å². The number of carboxylic acids is 1. The van der Waals surface area contributed by atoms with Gasteiger partial charge in [0.25, 0.3) is 5.91 Å². The molecule has 0 saturated carbocycles. The van der Waals surface area contributed by atoms with Crippen LogP contribution in [0.5, 0.6) is 0 Å². The number of nitrogens with one attached hydrogen (secondary N) is 1. The molecule has 0 aliphatic heterocycles. The molecule has 0 heterocycles. The van der Waals surface area contributed by atoms with Crippen molar-refractivity contribution in [2.75, 3.05) is 6.54 Å². The lowest BCUT2D eigenvalue weighted by Crippen LogP contribution is -2.34. The van der Waals surface area contributed by atoms with Crippen molar-refractivity contribution in [1.29, 1.82) is 0 Å². The molecule has 0 spiro atoms. The summed E-state index contributed by atoms with van der Waals surface area (Å²) in [5.41, 5.74) is 1.26. The quantitative estimate of drug-likeness (QED) is 0.860. The fraction of sp³-hybridized carbons (Fsp3) is 0.176. The monoisotopic (exact) mass is 317 g/mol. The third-order valence-corrected chi connectivity index (χ3v) is 3.63. The van der Waals surface area contributed by atoms with Crippen molar-refractivity contribution < 1.29 is 14.7 Å². The number of carboxylic acid groups (broad SMARTS) is 1. The van der Waals surface area contributed by atoms with Crippen LogP contribution in [0.3, 0.4) is 0 Å². The molecule has 1 atom stereocenters. The topological polar surface area (TPSA) is 66.4 Å². The Morgan fingerprint density at radius 1 is 1.05 bits per heavy atom. The summed E-state index contributed by atoms with van der Waals surface area (Å²) in [7, 11) is 0. The Hall–Kier alpha value is -2.33. The van der Waals surface area contributed by atoms with E-state index in [2.05, 4.69) is 5.32 Å². The van der Waals surface area contributed by atoms with Gasteiger partial charge in [-0.05, 0) is 24.1 Å². The number of halogens is 1. The van der Waals surface area contributed by atoms with E-state index < -0.39 is 11.9 Å². The third kappa shape index (κ3) is 4.33. The Kier molecular flexibility index (Phi) is 5.55. The van der Waals surface area contributed by atoms with Crippen LogP contribution in [0.2, 0.25) is 5.02 Å². The summed E-state index contributed by atoms with van der Waals surface area (Å²) in [6.45, 7) is 0.0499. The van der Waals surface area contributed by atoms with Crippen LogP contribution in [0.4, 0.5) is 0 Å². The maximum Gasteiger partial charge on any atom is 0.308 e. The largest absolute Gasteiger partial charge is 0.481 e. The molecule has 114 valence electrons. The molecule has 2 rings (SSSR count). The van der Waals surface area contributed by atoms with Gasteiger partial charge in [0, 0.05) is 6.54 Å². The fourth-order valence-corrected chi connectivity index (χ4v) is 2.32. The molecule has 0 unspecified atom stereocenters. The van der Waals surface area contributed by atoms with E-state index in [-0.39, 0.29) is 12.5 Å². The summed E-state index contributed by atoms with van der Waals surface area (Å²) in [6.07, 6.45) is 0.360. The molecule has 5 heteroatoms. The van der Waals surface area contributed by atoms with Gasteiger partial charge in [-0.3, -0.25) is 9.59 Å². The van der Waals surface area contributed by atoms with Gasteiger partial charge in [0.05, 0.1) is 16.5 Å². The van der Waals surface area contributed by atoms with Crippen LogP contribution in [0.25, 0.3) is 0 Å². The Balaban J connectivity index is 1.99. The van der Waals surface area contributed by atoms with Crippen LogP contribution in [-0.4, -0.2) is 23.5 Å². The van der Waals surface area contributed by atoms with Gasteiger partial charge in [0.2, 0.25) is 0 Å². The molecule has 2 aromatic carbocycles. The number of benzene rings is 2. The molecule has 2 aromatic rings. The summed E-state index contributed by atoms with van der Waals surface area (Å²) in [5.74, 6) is -2.00. The predicted octanol–water partition coefficient (Wildman–Crippen LogP) is 3.01. The molecule has 0 fully saturated rings. The van der Waals surface area contributed by atoms with Gasteiger partial charge < -0.3 is 10.4 Å². The normalized spacial score (nSPS) is 11.7. The lowest BCUT2D eigenvalue weighted by atomic mass is 9.99. The average Bonchev–Trinajstić information content (AvgIpc) is 2.52. The predicted molar refractivity (Wildman–Crippen MR) is 85.1 cm³/mol. The maximum absolute atomic E-state index is 12.1. The second kappa shape index (κ2) is 7.61. The molecule has 0 aromatic heterocycles. The highest BCUT2D eigenvalue weighted by Crippen LogP contribution is 2.15. The zero-order chi connectivity index (χ0) is 15.9. The number of rotatable bonds is 6. The van der Waals surface area contributed by atoms with Crippen LogP contribution in [0.1, 0.15) is 15.9 Å². The summed E-state index contributed by atoms with van der Waals surface area (Å²) in [4.78, 5) is 23.4. The smallest absolute Gasteiger partial charge is 0.308 e. The first-order chi connectivity index (χ1) is 10.6. The first-order valence-electron chi connectivity index (χ1n) is 6.87. The number of hydrogen-bond donors (Lipinski definition) is 2. The van der Waals surface area contributed by atoms with Crippen LogP contribution >= 0.6 is 11.6 Å². The minimum Gasteiger partial charge on any atom is -0.481 e. The van der Waals surface area contributed by atoms with Gasteiger partial charge in [-0.2, -0.15) is 0 Å². The van der Waals surface area contributed by atoms with Gasteiger partial charge in [-0.15, -0.1) is 0 Å². The van der Waals surface area contributed by atoms with Gasteiger partial charge in [0.15, 0.2) is 0 Å². The molecule has 0 aliphatic rings. The molecule has 0 radical (unpaired) electrons. The van der Waals surface area contributed by atoms with E-state index >= 15 is 0 Å². The second-order valence-corrected chi connectivity index (χ2v) is 5.32. The van der Waals surface area contributed by atoms with E-state index in [1.165, 1.54) is 0 Å². The summed E-state index contributed by atoms with van der Waals surface area (Å²) < 4.78 is 0.